The Morgan fingerprint density at radius 2 is 1.89 bits per heavy atom. The first-order valence-corrected chi connectivity index (χ1v) is 12.8. The Bertz CT molecular complexity index is 1230. The standard InChI is InChI=1S/C27H31ClN4O3/c1-18-12-13-20(15-21(18)28)32-25(33)23-16-22(24-11-8-14-35-24)30-31(23)17-27(32,2)26(34)29-19-9-6-4-3-5-7-10-19/h8,11-16,19H,3-7,9-10,17H2,1-2H3,(H,29,34). The molecule has 184 valence electrons. The van der Waals surface area contributed by atoms with Gasteiger partial charge in [0.1, 0.15) is 16.9 Å². The number of aromatic nitrogens is 2. The van der Waals surface area contributed by atoms with Crippen LogP contribution in [0.5, 0.6) is 0 Å². The zero-order valence-electron chi connectivity index (χ0n) is 20.2. The molecular weight excluding hydrogens is 464 g/mol. The zero-order chi connectivity index (χ0) is 24.6. The number of nitrogens with one attached hydrogen (secondary N) is 1. The Morgan fingerprint density at radius 3 is 2.57 bits per heavy atom. The molecule has 2 aliphatic rings. The summed E-state index contributed by atoms with van der Waals surface area (Å²) in [6.45, 7) is 3.95. The smallest absolute Gasteiger partial charge is 0.277 e. The molecule has 0 spiro atoms. The molecule has 5 rings (SSSR count). The minimum Gasteiger partial charge on any atom is -0.463 e. The Balaban J connectivity index is 1.54. The summed E-state index contributed by atoms with van der Waals surface area (Å²) in [5, 5.41) is 8.46. The highest BCUT2D eigenvalue weighted by Gasteiger charge is 2.49. The number of halogens is 1. The Labute approximate surface area is 210 Å². The molecule has 1 unspecified atom stereocenters. The maximum atomic E-state index is 13.9. The lowest BCUT2D eigenvalue weighted by molar-refractivity contribution is -0.127. The fourth-order valence-corrected chi connectivity index (χ4v) is 5.37. The lowest BCUT2D eigenvalue weighted by Crippen LogP contribution is -2.65. The summed E-state index contributed by atoms with van der Waals surface area (Å²) in [6.07, 6.45) is 9.35. The van der Waals surface area contributed by atoms with Gasteiger partial charge >= 0.3 is 0 Å². The fourth-order valence-electron chi connectivity index (χ4n) is 5.19. The minimum atomic E-state index is -1.18. The normalized spacial score (nSPS) is 21.3. The van der Waals surface area contributed by atoms with Crippen molar-refractivity contribution in [1.82, 2.24) is 15.1 Å². The van der Waals surface area contributed by atoms with Crippen molar-refractivity contribution in [2.75, 3.05) is 4.90 Å². The first-order valence-electron chi connectivity index (χ1n) is 12.4. The molecule has 0 saturated heterocycles. The molecular formula is C27H31ClN4O3. The SMILES string of the molecule is Cc1ccc(N2C(=O)c3cc(-c4ccco4)nn3CC2(C)C(=O)NC2CCCCCCC2)cc1Cl. The number of fused-ring (bicyclic) bond motifs is 1. The maximum absolute atomic E-state index is 13.9. The van der Waals surface area contributed by atoms with Crippen LogP contribution in [0.3, 0.4) is 0 Å². The van der Waals surface area contributed by atoms with E-state index in [1.54, 1.807) is 40.1 Å². The molecule has 1 aromatic carbocycles. The van der Waals surface area contributed by atoms with E-state index in [1.165, 1.54) is 19.3 Å². The summed E-state index contributed by atoms with van der Waals surface area (Å²) < 4.78 is 7.13. The van der Waals surface area contributed by atoms with Crippen molar-refractivity contribution < 1.29 is 14.0 Å². The summed E-state index contributed by atoms with van der Waals surface area (Å²) in [7, 11) is 0. The van der Waals surface area contributed by atoms with Crippen LogP contribution in [0, 0.1) is 6.92 Å². The molecule has 1 aliphatic heterocycles. The second-order valence-corrected chi connectivity index (χ2v) is 10.3. The van der Waals surface area contributed by atoms with Crippen molar-refractivity contribution in [3.63, 3.8) is 0 Å². The highest BCUT2D eigenvalue weighted by atomic mass is 35.5. The van der Waals surface area contributed by atoms with E-state index in [1.807, 2.05) is 26.0 Å². The van der Waals surface area contributed by atoms with Gasteiger partial charge in [0.25, 0.3) is 5.91 Å². The predicted octanol–water partition coefficient (Wildman–Crippen LogP) is 5.75. The highest BCUT2D eigenvalue weighted by Crippen LogP contribution is 2.36. The van der Waals surface area contributed by atoms with Crippen LogP contribution in [0.4, 0.5) is 5.69 Å². The molecule has 0 radical (unpaired) electrons. The van der Waals surface area contributed by atoms with E-state index in [2.05, 4.69) is 10.4 Å². The maximum Gasteiger partial charge on any atom is 0.277 e. The third kappa shape index (κ3) is 4.49. The summed E-state index contributed by atoms with van der Waals surface area (Å²) in [5.41, 5.74) is 1.28. The highest BCUT2D eigenvalue weighted by molar-refractivity contribution is 6.31. The molecule has 1 N–H and O–H groups in total. The molecule has 1 aliphatic carbocycles. The Kier molecular flexibility index (Phi) is 6.45. The average Bonchev–Trinajstić information content (AvgIpc) is 3.48. The first kappa shape index (κ1) is 23.7. The van der Waals surface area contributed by atoms with Gasteiger partial charge in [0.05, 0.1) is 12.8 Å². The van der Waals surface area contributed by atoms with Crippen molar-refractivity contribution in [3.05, 3.63) is 58.9 Å². The Hall–Kier alpha value is -3.06. The van der Waals surface area contributed by atoms with E-state index >= 15 is 0 Å². The van der Waals surface area contributed by atoms with Crippen molar-refractivity contribution in [1.29, 1.82) is 0 Å². The van der Waals surface area contributed by atoms with Crippen LogP contribution in [0.1, 0.15) is 67.9 Å². The number of hydrogen-bond acceptors (Lipinski definition) is 4. The third-order valence-corrected chi connectivity index (χ3v) is 7.68. The van der Waals surface area contributed by atoms with Crippen LogP contribution in [0.2, 0.25) is 5.02 Å². The number of rotatable bonds is 4. The van der Waals surface area contributed by atoms with Gasteiger partial charge in [-0.25, -0.2) is 0 Å². The van der Waals surface area contributed by atoms with E-state index < -0.39 is 5.54 Å². The van der Waals surface area contributed by atoms with Gasteiger partial charge in [0.15, 0.2) is 5.76 Å². The van der Waals surface area contributed by atoms with Gasteiger partial charge < -0.3 is 9.73 Å². The van der Waals surface area contributed by atoms with Crippen LogP contribution >= 0.6 is 11.6 Å². The van der Waals surface area contributed by atoms with Gasteiger partial charge in [-0.1, -0.05) is 49.8 Å². The topological polar surface area (TPSA) is 80.4 Å². The number of amides is 2. The number of aryl methyl sites for hydroxylation is 1. The molecule has 3 heterocycles. The summed E-state index contributed by atoms with van der Waals surface area (Å²) in [5.74, 6) is 0.107. The third-order valence-electron chi connectivity index (χ3n) is 7.27. The van der Waals surface area contributed by atoms with Gasteiger partial charge in [-0.2, -0.15) is 5.10 Å². The number of nitrogens with zero attached hydrogens (tertiary/aromatic N) is 3. The quantitative estimate of drug-likeness (QED) is 0.500. The number of hydrogen-bond donors (Lipinski definition) is 1. The van der Waals surface area contributed by atoms with Crippen LogP contribution in [-0.2, 0) is 11.3 Å². The van der Waals surface area contributed by atoms with Gasteiger partial charge in [-0.05, 0) is 56.5 Å². The summed E-state index contributed by atoms with van der Waals surface area (Å²) in [6, 6.07) is 10.9. The fraction of sp³-hybridized carbons (Fsp3) is 0.444. The molecule has 7 nitrogen and oxygen atoms in total. The molecule has 1 fully saturated rings. The number of benzene rings is 1. The second kappa shape index (κ2) is 9.53. The second-order valence-electron chi connectivity index (χ2n) is 9.91. The molecule has 2 aromatic heterocycles. The largest absolute Gasteiger partial charge is 0.463 e. The zero-order valence-corrected chi connectivity index (χ0v) is 21.0. The number of furan rings is 1. The van der Waals surface area contributed by atoms with Crippen molar-refractivity contribution >= 4 is 29.1 Å². The van der Waals surface area contributed by atoms with Crippen molar-refractivity contribution in [3.8, 4) is 11.5 Å². The molecule has 35 heavy (non-hydrogen) atoms. The van der Waals surface area contributed by atoms with Gasteiger partial charge in [-0.15, -0.1) is 0 Å². The molecule has 3 aromatic rings. The number of carbonyl (C=O) groups excluding carboxylic acids is 2. The monoisotopic (exact) mass is 494 g/mol. The summed E-state index contributed by atoms with van der Waals surface area (Å²) in [4.78, 5) is 29.4. The minimum absolute atomic E-state index is 0.107. The van der Waals surface area contributed by atoms with Gasteiger partial charge in [0.2, 0.25) is 5.91 Å². The number of carbonyl (C=O) groups is 2. The first-order chi connectivity index (χ1) is 16.9. The van der Waals surface area contributed by atoms with E-state index in [0.29, 0.717) is 27.9 Å². The summed E-state index contributed by atoms with van der Waals surface area (Å²) >= 11 is 6.45. The average molecular weight is 495 g/mol. The van der Waals surface area contributed by atoms with Crippen LogP contribution < -0.4 is 10.2 Å². The Morgan fingerprint density at radius 1 is 1.14 bits per heavy atom. The van der Waals surface area contributed by atoms with Crippen LogP contribution in [0.25, 0.3) is 11.5 Å². The predicted molar refractivity (Wildman–Crippen MR) is 136 cm³/mol. The van der Waals surface area contributed by atoms with E-state index in [4.69, 9.17) is 16.0 Å². The van der Waals surface area contributed by atoms with Crippen LogP contribution in [-0.4, -0.2) is 33.2 Å². The number of anilines is 1. The lowest BCUT2D eigenvalue weighted by Gasteiger charge is -2.44. The van der Waals surface area contributed by atoms with E-state index in [9.17, 15) is 9.59 Å². The van der Waals surface area contributed by atoms with Crippen molar-refractivity contribution in [2.24, 2.45) is 0 Å². The molecule has 8 heteroatoms. The van der Waals surface area contributed by atoms with E-state index in [-0.39, 0.29) is 24.4 Å². The lowest BCUT2D eigenvalue weighted by atomic mass is 9.91. The molecule has 1 atom stereocenters. The molecule has 2 amide bonds. The van der Waals surface area contributed by atoms with Gasteiger partial charge in [-0.3, -0.25) is 19.2 Å². The van der Waals surface area contributed by atoms with E-state index in [0.717, 1.165) is 31.2 Å². The van der Waals surface area contributed by atoms with Crippen molar-refractivity contribution in [2.45, 2.75) is 76.9 Å². The van der Waals surface area contributed by atoms with Gasteiger partial charge in [0, 0.05) is 22.8 Å². The molecule has 0 bridgehead atoms. The van der Waals surface area contributed by atoms with Crippen LogP contribution in [0.15, 0.2) is 47.1 Å². The molecule has 1 saturated carbocycles.